The number of rotatable bonds is 2. The van der Waals surface area contributed by atoms with Crippen LogP contribution in [0, 0.1) is 5.92 Å². The summed E-state index contributed by atoms with van der Waals surface area (Å²) in [6.45, 7) is 5.24. The molecule has 0 bridgehead atoms. The zero-order chi connectivity index (χ0) is 16.4. The molecule has 1 aliphatic rings. The van der Waals surface area contributed by atoms with E-state index < -0.39 is 23.8 Å². The minimum Gasteiger partial charge on any atom is -0.444 e. The molecule has 0 aliphatic heterocycles. The van der Waals surface area contributed by atoms with Crippen molar-refractivity contribution in [1.29, 1.82) is 0 Å². The Hall–Kier alpha value is -0.980. The first-order valence-corrected chi connectivity index (χ1v) is 7.13. The summed E-state index contributed by atoms with van der Waals surface area (Å²) in [5.41, 5.74) is -0.624. The summed E-state index contributed by atoms with van der Waals surface area (Å²) in [5.74, 6) is -1.30. The van der Waals surface area contributed by atoms with Gasteiger partial charge >= 0.3 is 12.3 Å². The summed E-state index contributed by atoms with van der Waals surface area (Å²) in [6.07, 6.45) is -4.42. The van der Waals surface area contributed by atoms with E-state index in [1.165, 1.54) is 0 Å². The van der Waals surface area contributed by atoms with Crippen molar-refractivity contribution in [3.05, 3.63) is 0 Å². The van der Waals surface area contributed by atoms with E-state index >= 15 is 0 Å². The van der Waals surface area contributed by atoms with Gasteiger partial charge in [0.15, 0.2) is 0 Å². The monoisotopic (exact) mass is 310 g/mol. The van der Waals surface area contributed by atoms with Gasteiger partial charge in [-0.1, -0.05) is 0 Å². The SMILES string of the molecule is CN(C)[C@H]1C[C@@H](C(F)(F)F)CC[C@@H]1NC(=O)OC(C)(C)C. The molecule has 0 unspecified atom stereocenters. The van der Waals surface area contributed by atoms with E-state index in [1.54, 1.807) is 39.8 Å². The van der Waals surface area contributed by atoms with E-state index in [0.717, 1.165) is 0 Å². The number of halogens is 3. The van der Waals surface area contributed by atoms with E-state index in [1.807, 2.05) is 0 Å². The van der Waals surface area contributed by atoms with Crippen LogP contribution in [-0.2, 0) is 4.74 Å². The van der Waals surface area contributed by atoms with Gasteiger partial charge in [-0.15, -0.1) is 0 Å². The number of alkyl carbamates (subject to hydrolysis) is 1. The molecule has 1 rings (SSSR count). The lowest BCUT2D eigenvalue weighted by molar-refractivity contribution is -0.187. The Labute approximate surface area is 124 Å². The largest absolute Gasteiger partial charge is 0.444 e. The molecule has 1 saturated carbocycles. The molecular formula is C14H25F3N2O2. The Kier molecular flexibility index (Phi) is 5.52. The van der Waals surface area contributed by atoms with Crippen LogP contribution in [0.5, 0.6) is 0 Å². The standard InChI is InChI=1S/C14H25F3N2O2/c1-13(2,3)21-12(20)18-10-7-6-9(14(15,16)17)8-11(10)19(4)5/h9-11H,6-8H2,1-5H3,(H,18,20)/t9-,10-,11-/m0/s1. The van der Waals surface area contributed by atoms with E-state index in [2.05, 4.69) is 5.32 Å². The Morgan fingerprint density at radius 2 is 1.76 bits per heavy atom. The highest BCUT2D eigenvalue weighted by atomic mass is 19.4. The lowest BCUT2D eigenvalue weighted by atomic mass is 9.81. The fourth-order valence-corrected chi connectivity index (χ4v) is 2.64. The van der Waals surface area contributed by atoms with Gasteiger partial charge in [0.05, 0.1) is 5.92 Å². The zero-order valence-corrected chi connectivity index (χ0v) is 13.3. The fourth-order valence-electron chi connectivity index (χ4n) is 2.64. The van der Waals surface area contributed by atoms with Gasteiger partial charge in [-0.05, 0) is 54.1 Å². The third-order valence-electron chi connectivity index (χ3n) is 3.64. The highest BCUT2D eigenvalue weighted by Crippen LogP contribution is 2.38. The van der Waals surface area contributed by atoms with Crippen LogP contribution < -0.4 is 5.32 Å². The normalized spacial score (nSPS) is 27.6. The quantitative estimate of drug-likeness (QED) is 0.852. The van der Waals surface area contributed by atoms with Crippen molar-refractivity contribution in [1.82, 2.24) is 10.2 Å². The van der Waals surface area contributed by atoms with Gasteiger partial charge in [0, 0.05) is 12.1 Å². The average molecular weight is 310 g/mol. The number of carbonyl (C=O) groups excluding carboxylic acids is 1. The maximum atomic E-state index is 12.9. The highest BCUT2D eigenvalue weighted by Gasteiger charge is 2.45. The van der Waals surface area contributed by atoms with E-state index in [4.69, 9.17) is 4.74 Å². The number of ether oxygens (including phenoxy) is 1. The molecule has 1 aliphatic carbocycles. The molecule has 1 fully saturated rings. The first-order valence-electron chi connectivity index (χ1n) is 7.13. The van der Waals surface area contributed by atoms with Crippen molar-refractivity contribution >= 4 is 6.09 Å². The second kappa shape index (κ2) is 6.42. The lowest BCUT2D eigenvalue weighted by Crippen LogP contribution is -2.54. The number of likely N-dealkylation sites (N-methyl/N-ethyl adjacent to an activating group) is 1. The smallest absolute Gasteiger partial charge is 0.407 e. The molecule has 0 aromatic rings. The molecule has 21 heavy (non-hydrogen) atoms. The van der Waals surface area contributed by atoms with Gasteiger partial charge < -0.3 is 15.0 Å². The van der Waals surface area contributed by atoms with Gasteiger partial charge in [-0.25, -0.2) is 4.79 Å². The number of amides is 1. The van der Waals surface area contributed by atoms with Gasteiger partial charge in [0.25, 0.3) is 0 Å². The predicted octanol–water partition coefficient (Wildman–Crippen LogP) is 3.17. The number of hydrogen-bond acceptors (Lipinski definition) is 3. The van der Waals surface area contributed by atoms with Gasteiger partial charge in [0.1, 0.15) is 5.60 Å². The highest BCUT2D eigenvalue weighted by molar-refractivity contribution is 5.68. The lowest BCUT2D eigenvalue weighted by Gasteiger charge is -2.40. The molecule has 0 aromatic carbocycles. The first kappa shape index (κ1) is 18.1. The molecule has 3 atom stereocenters. The summed E-state index contributed by atoms with van der Waals surface area (Å²) < 4.78 is 43.8. The molecule has 0 radical (unpaired) electrons. The minimum atomic E-state index is -4.18. The Morgan fingerprint density at radius 3 is 2.19 bits per heavy atom. The van der Waals surface area contributed by atoms with Crippen LogP contribution in [0.1, 0.15) is 40.0 Å². The Balaban J connectivity index is 2.68. The molecule has 4 nitrogen and oxygen atoms in total. The van der Waals surface area contributed by atoms with Crippen molar-refractivity contribution in [2.24, 2.45) is 5.92 Å². The van der Waals surface area contributed by atoms with Crippen LogP contribution in [0.2, 0.25) is 0 Å². The minimum absolute atomic E-state index is 0.00301. The van der Waals surface area contributed by atoms with Gasteiger partial charge in [0.2, 0.25) is 0 Å². The summed E-state index contributed by atoms with van der Waals surface area (Å²) in [7, 11) is 3.46. The number of carbonyl (C=O) groups is 1. The van der Waals surface area contributed by atoms with E-state index in [9.17, 15) is 18.0 Å². The van der Waals surface area contributed by atoms with Crippen LogP contribution in [-0.4, -0.2) is 48.9 Å². The number of hydrogen-bond donors (Lipinski definition) is 1. The summed E-state index contributed by atoms with van der Waals surface area (Å²) >= 11 is 0. The third-order valence-corrected chi connectivity index (χ3v) is 3.64. The molecule has 124 valence electrons. The van der Waals surface area contributed by atoms with Crippen LogP contribution in [0.3, 0.4) is 0 Å². The topological polar surface area (TPSA) is 41.6 Å². The van der Waals surface area contributed by atoms with Crippen molar-refractivity contribution < 1.29 is 22.7 Å². The van der Waals surface area contributed by atoms with Crippen LogP contribution in [0.15, 0.2) is 0 Å². The maximum absolute atomic E-state index is 12.9. The van der Waals surface area contributed by atoms with Crippen molar-refractivity contribution in [3.8, 4) is 0 Å². The molecule has 0 aromatic heterocycles. The summed E-state index contributed by atoms with van der Waals surface area (Å²) in [4.78, 5) is 13.5. The molecule has 0 saturated heterocycles. The van der Waals surface area contributed by atoms with Crippen LogP contribution >= 0.6 is 0 Å². The predicted molar refractivity (Wildman–Crippen MR) is 74.0 cm³/mol. The van der Waals surface area contributed by atoms with Gasteiger partial charge in [-0.2, -0.15) is 13.2 Å². The van der Waals surface area contributed by atoms with Crippen molar-refractivity contribution in [2.75, 3.05) is 14.1 Å². The number of nitrogens with zero attached hydrogens (tertiary/aromatic N) is 1. The Morgan fingerprint density at radius 1 is 1.19 bits per heavy atom. The summed E-state index contributed by atoms with van der Waals surface area (Å²) in [5, 5.41) is 2.71. The number of nitrogens with one attached hydrogen (secondary N) is 1. The molecule has 0 spiro atoms. The molecule has 1 amide bonds. The van der Waals surface area contributed by atoms with Gasteiger partial charge in [-0.3, -0.25) is 0 Å². The maximum Gasteiger partial charge on any atom is 0.407 e. The van der Waals surface area contributed by atoms with Crippen LogP contribution in [0.25, 0.3) is 0 Å². The second-order valence-electron chi connectivity index (χ2n) is 6.84. The van der Waals surface area contributed by atoms with Crippen molar-refractivity contribution in [2.45, 2.75) is 63.9 Å². The van der Waals surface area contributed by atoms with Crippen molar-refractivity contribution in [3.63, 3.8) is 0 Å². The second-order valence-corrected chi connectivity index (χ2v) is 6.84. The number of alkyl halides is 3. The third kappa shape index (κ3) is 5.73. The summed E-state index contributed by atoms with van der Waals surface area (Å²) in [6, 6.07) is -0.675. The molecule has 7 heteroatoms. The van der Waals surface area contributed by atoms with E-state index in [-0.39, 0.29) is 24.9 Å². The van der Waals surface area contributed by atoms with Crippen LogP contribution in [0.4, 0.5) is 18.0 Å². The molecule has 1 N–H and O–H groups in total. The molecule has 0 heterocycles. The molecular weight excluding hydrogens is 285 g/mol. The first-order chi connectivity index (χ1) is 9.40. The van der Waals surface area contributed by atoms with E-state index in [0.29, 0.717) is 6.42 Å². The zero-order valence-electron chi connectivity index (χ0n) is 13.3. The Bertz CT molecular complexity index is 364. The fraction of sp³-hybridized carbons (Fsp3) is 0.929. The average Bonchev–Trinajstić information content (AvgIpc) is 2.24.